The second-order valence-corrected chi connectivity index (χ2v) is 8.75. The zero-order valence-electron chi connectivity index (χ0n) is 20.2. The number of carbonyl (C=O) groups is 2. The van der Waals surface area contributed by atoms with Gasteiger partial charge in [0.1, 0.15) is 5.75 Å². The van der Waals surface area contributed by atoms with Crippen molar-refractivity contribution in [3.63, 3.8) is 0 Å². The summed E-state index contributed by atoms with van der Waals surface area (Å²) in [5, 5.41) is 9.22. The zero-order chi connectivity index (χ0) is 24.4. The number of carbonyl (C=O) groups excluding carboxylic acids is 2. The number of nitrogens with one attached hydrogen (secondary N) is 3. The molecule has 0 bridgehead atoms. The molecule has 4 rings (SSSR count). The van der Waals surface area contributed by atoms with E-state index in [1.807, 2.05) is 75.3 Å². The summed E-state index contributed by atoms with van der Waals surface area (Å²) in [5.74, 6) is 0.454. The third-order valence-electron chi connectivity index (χ3n) is 6.09. The van der Waals surface area contributed by atoms with Crippen molar-refractivity contribution in [1.29, 1.82) is 0 Å². The lowest BCUT2D eigenvalue weighted by Gasteiger charge is -2.13. The van der Waals surface area contributed by atoms with E-state index in [0.29, 0.717) is 23.4 Å². The standard InChI is InChI=1S/C27H30N4O3/c1-16-22(29-17(2)25(16)27(33)28-12-13-31(3)4)15-21-20-11-10-18(14-23(20)30-26(21)32)19-8-6-7-9-24(19)34-5/h6-11,14,17,29H,12-13H2,1-5H3,(H,28,33)(H,30,32). The van der Waals surface area contributed by atoms with Gasteiger partial charge in [-0.15, -0.1) is 0 Å². The van der Waals surface area contributed by atoms with Crippen molar-refractivity contribution >= 4 is 23.1 Å². The van der Waals surface area contributed by atoms with Gasteiger partial charge in [0.15, 0.2) is 0 Å². The average Bonchev–Trinajstić information content (AvgIpc) is 3.27. The predicted molar refractivity (Wildman–Crippen MR) is 134 cm³/mol. The van der Waals surface area contributed by atoms with Gasteiger partial charge in [0.2, 0.25) is 5.91 Å². The molecule has 7 nitrogen and oxygen atoms in total. The minimum Gasteiger partial charge on any atom is -0.496 e. The fourth-order valence-corrected chi connectivity index (χ4v) is 4.31. The van der Waals surface area contributed by atoms with Gasteiger partial charge < -0.3 is 25.6 Å². The summed E-state index contributed by atoms with van der Waals surface area (Å²) in [6.07, 6.45) is 0. The molecule has 2 aliphatic heterocycles. The number of fused-ring (bicyclic) bond motifs is 1. The van der Waals surface area contributed by atoms with Crippen LogP contribution in [-0.2, 0) is 9.59 Å². The quantitative estimate of drug-likeness (QED) is 0.458. The number of methoxy groups -OCH3 is 1. The number of nitrogens with zero attached hydrogens (tertiary/aromatic N) is 1. The lowest BCUT2D eigenvalue weighted by molar-refractivity contribution is -0.117. The van der Waals surface area contributed by atoms with E-state index in [1.54, 1.807) is 7.11 Å². The molecule has 2 aromatic carbocycles. The molecule has 3 N–H and O–H groups in total. The first-order valence-corrected chi connectivity index (χ1v) is 11.3. The zero-order valence-corrected chi connectivity index (χ0v) is 20.2. The molecule has 2 aromatic rings. The largest absolute Gasteiger partial charge is 0.496 e. The number of benzene rings is 2. The van der Waals surface area contributed by atoms with Crippen LogP contribution in [-0.4, -0.2) is 57.1 Å². The minimum absolute atomic E-state index is 0.0983. The van der Waals surface area contributed by atoms with Crippen molar-refractivity contribution in [2.24, 2.45) is 0 Å². The highest BCUT2D eigenvalue weighted by Gasteiger charge is 2.30. The van der Waals surface area contributed by atoms with E-state index >= 15 is 0 Å². The van der Waals surface area contributed by atoms with Crippen molar-refractivity contribution in [2.75, 3.05) is 39.6 Å². The van der Waals surface area contributed by atoms with Gasteiger partial charge in [-0.3, -0.25) is 9.59 Å². The highest BCUT2D eigenvalue weighted by atomic mass is 16.5. The minimum atomic E-state index is -0.217. The van der Waals surface area contributed by atoms with Crippen LogP contribution in [0.3, 0.4) is 0 Å². The first-order valence-electron chi connectivity index (χ1n) is 11.3. The molecule has 34 heavy (non-hydrogen) atoms. The number of para-hydroxylation sites is 1. The highest BCUT2D eigenvalue weighted by molar-refractivity contribution is 6.31. The SMILES string of the molecule is COc1ccccc1-c1ccc2c(c1)NC(=O)C2=C=C1NC(C)C(C(=O)NCCN(C)C)=C1C. The molecular formula is C27H30N4O3. The third kappa shape index (κ3) is 4.49. The van der Waals surface area contributed by atoms with Crippen LogP contribution in [0, 0.1) is 0 Å². The monoisotopic (exact) mass is 458 g/mol. The Labute approximate surface area is 200 Å². The topological polar surface area (TPSA) is 82.7 Å². The average molecular weight is 459 g/mol. The Bertz CT molecular complexity index is 1250. The molecule has 0 radical (unpaired) electrons. The third-order valence-corrected chi connectivity index (χ3v) is 6.09. The van der Waals surface area contributed by atoms with Gasteiger partial charge in [0.05, 0.1) is 30.1 Å². The van der Waals surface area contributed by atoms with Crippen LogP contribution >= 0.6 is 0 Å². The van der Waals surface area contributed by atoms with Crippen LogP contribution in [0.25, 0.3) is 16.7 Å². The van der Waals surface area contributed by atoms with E-state index in [4.69, 9.17) is 4.74 Å². The molecule has 1 unspecified atom stereocenters. The van der Waals surface area contributed by atoms with Crippen molar-refractivity contribution in [3.8, 4) is 16.9 Å². The number of likely N-dealkylation sites (N-methyl/N-ethyl adjacent to an activating group) is 1. The molecule has 0 saturated carbocycles. The van der Waals surface area contributed by atoms with Crippen LogP contribution < -0.4 is 20.7 Å². The summed E-state index contributed by atoms with van der Waals surface area (Å²) in [4.78, 5) is 27.6. The number of hydrogen-bond acceptors (Lipinski definition) is 5. The van der Waals surface area contributed by atoms with E-state index < -0.39 is 0 Å². The number of anilines is 1. The van der Waals surface area contributed by atoms with Gasteiger partial charge in [-0.05, 0) is 51.2 Å². The Morgan fingerprint density at radius 2 is 1.94 bits per heavy atom. The molecule has 2 heterocycles. The maximum absolute atomic E-state index is 12.8. The fraction of sp³-hybridized carbons (Fsp3) is 0.296. The molecule has 7 heteroatoms. The summed E-state index contributed by atoms with van der Waals surface area (Å²) in [5.41, 5.74) is 9.24. The Kier molecular flexibility index (Phi) is 6.59. The van der Waals surface area contributed by atoms with Gasteiger partial charge >= 0.3 is 0 Å². The van der Waals surface area contributed by atoms with Crippen molar-refractivity contribution in [2.45, 2.75) is 19.9 Å². The van der Waals surface area contributed by atoms with Gasteiger partial charge in [-0.2, -0.15) is 0 Å². The second-order valence-electron chi connectivity index (χ2n) is 8.75. The number of ether oxygens (including phenoxy) is 1. The van der Waals surface area contributed by atoms with Crippen LogP contribution in [0.15, 0.2) is 65.0 Å². The Morgan fingerprint density at radius 1 is 1.18 bits per heavy atom. The number of hydrogen-bond donors (Lipinski definition) is 3. The van der Waals surface area contributed by atoms with Crippen molar-refractivity contribution in [1.82, 2.24) is 15.5 Å². The maximum Gasteiger partial charge on any atom is 0.264 e. The van der Waals surface area contributed by atoms with Crippen LogP contribution in [0.2, 0.25) is 0 Å². The van der Waals surface area contributed by atoms with E-state index in [-0.39, 0.29) is 17.9 Å². The first-order chi connectivity index (χ1) is 16.3. The van der Waals surface area contributed by atoms with Crippen molar-refractivity contribution in [3.05, 3.63) is 70.6 Å². The maximum atomic E-state index is 12.8. The smallest absolute Gasteiger partial charge is 0.264 e. The second kappa shape index (κ2) is 9.59. The van der Waals surface area contributed by atoms with Crippen LogP contribution in [0.1, 0.15) is 19.4 Å². The van der Waals surface area contributed by atoms with E-state index in [0.717, 1.165) is 40.2 Å². The van der Waals surface area contributed by atoms with Gasteiger partial charge in [0, 0.05) is 29.8 Å². The van der Waals surface area contributed by atoms with E-state index in [2.05, 4.69) is 21.7 Å². The summed E-state index contributed by atoms with van der Waals surface area (Å²) < 4.78 is 5.48. The molecule has 0 aliphatic carbocycles. The Balaban J connectivity index is 1.68. The molecule has 0 fully saturated rings. The molecule has 0 aromatic heterocycles. The van der Waals surface area contributed by atoms with Gasteiger partial charge in [-0.1, -0.05) is 36.1 Å². The summed E-state index contributed by atoms with van der Waals surface area (Å²) >= 11 is 0. The van der Waals surface area contributed by atoms with Gasteiger partial charge in [-0.25, -0.2) is 0 Å². The number of rotatable bonds is 6. The van der Waals surface area contributed by atoms with Crippen LogP contribution in [0.4, 0.5) is 5.69 Å². The molecule has 2 amide bonds. The first kappa shape index (κ1) is 23.4. The van der Waals surface area contributed by atoms with Gasteiger partial charge in [0.25, 0.3) is 5.91 Å². The van der Waals surface area contributed by atoms with E-state index in [1.165, 1.54) is 0 Å². The Hall–Kier alpha value is -3.80. The Morgan fingerprint density at radius 3 is 2.68 bits per heavy atom. The molecule has 0 spiro atoms. The molecule has 176 valence electrons. The lowest BCUT2D eigenvalue weighted by Crippen LogP contribution is -2.35. The molecular weight excluding hydrogens is 428 g/mol. The highest BCUT2D eigenvalue weighted by Crippen LogP contribution is 2.38. The molecule has 2 aliphatic rings. The molecule has 1 atom stereocenters. The fourth-order valence-electron chi connectivity index (χ4n) is 4.31. The number of amides is 2. The summed E-state index contributed by atoms with van der Waals surface area (Å²) in [7, 11) is 5.57. The summed E-state index contributed by atoms with van der Waals surface area (Å²) in [6, 6.07) is 13.4. The normalized spacial score (nSPS) is 16.9. The summed E-state index contributed by atoms with van der Waals surface area (Å²) in [6.45, 7) is 5.16. The lowest BCUT2D eigenvalue weighted by atomic mass is 9.99. The predicted octanol–water partition coefficient (Wildman–Crippen LogP) is 3.17. The van der Waals surface area contributed by atoms with E-state index in [9.17, 15) is 9.59 Å². The van der Waals surface area contributed by atoms with Crippen LogP contribution in [0.5, 0.6) is 5.75 Å². The van der Waals surface area contributed by atoms with Crippen molar-refractivity contribution < 1.29 is 14.3 Å². The molecule has 0 saturated heterocycles.